The Hall–Kier alpha value is -2.84. The first-order valence-corrected chi connectivity index (χ1v) is 9.73. The number of hydrogen-bond donors (Lipinski definition) is 3. The molecule has 30 heavy (non-hydrogen) atoms. The van der Waals surface area contributed by atoms with Crippen molar-refractivity contribution >= 4 is 17.7 Å². The molecule has 3 N–H and O–H groups in total. The van der Waals surface area contributed by atoms with Gasteiger partial charge in [-0.2, -0.15) is 13.2 Å². The number of hydrogen-bond acceptors (Lipinski definition) is 4. The average Bonchev–Trinajstić information content (AvgIpc) is 2.76. The van der Waals surface area contributed by atoms with E-state index in [9.17, 15) is 18.0 Å². The number of nitrogens with zero attached hydrogens (tertiary/aromatic N) is 1. The summed E-state index contributed by atoms with van der Waals surface area (Å²) in [5.41, 5.74) is 3.05. The Kier molecular flexibility index (Phi) is 7.12. The topological polar surface area (TPSA) is 64.6 Å². The van der Waals surface area contributed by atoms with Crippen molar-refractivity contribution < 1.29 is 23.2 Å². The Labute approximate surface area is 173 Å². The molecular weight excluding hydrogens is 395 g/mol. The van der Waals surface area contributed by atoms with Crippen LogP contribution in [0.2, 0.25) is 0 Å². The maximum atomic E-state index is 13.1. The third kappa shape index (κ3) is 5.61. The number of benzene rings is 2. The standard InChI is InChI=1S/C22H24F3N3O2/c23-22(24,25)19-7-3-1-6-17(19)15-26-18-11-13-28(14-12-18)20-8-4-2-5-16(20)9-10-21(29)27-30/h1-10,18,26,30H,11-15H2,(H,27,29). The third-order valence-corrected chi connectivity index (χ3v) is 5.20. The molecule has 2 aromatic rings. The lowest BCUT2D eigenvalue weighted by atomic mass is 10.0. The van der Waals surface area contributed by atoms with Crippen LogP contribution >= 0.6 is 0 Å². The highest BCUT2D eigenvalue weighted by atomic mass is 19.4. The lowest BCUT2D eigenvalue weighted by Gasteiger charge is -2.35. The van der Waals surface area contributed by atoms with Crippen LogP contribution in [-0.4, -0.2) is 30.2 Å². The first kappa shape index (κ1) is 21.9. The molecule has 1 amide bonds. The van der Waals surface area contributed by atoms with Crippen molar-refractivity contribution in [3.63, 3.8) is 0 Å². The summed E-state index contributed by atoms with van der Waals surface area (Å²) in [6.07, 6.45) is 0.128. The first-order chi connectivity index (χ1) is 14.4. The second-order valence-corrected chi connectivity index (χ2v) is 7.17. The molecule has 1 aliphatic heterocycles. The van der Waals surface area contributed by atoms with Gasteiger partial charge in [0.1, 0.15) is 0 Å². The van der Waals surface area contributed by atoms with E-state index in [2.05, 4.69) is 10.2 Å². The zero-order valence-corrected chi connectivity index (χ0v) is 16.3. The number of carbonyl (C=O) groups is 1. The second-order valence-electron chi connectivity index (χ2n) is 7.17. The molecule has 0 aliphatic carbocycles. The second kappa shape index (κ2) is 9.77. The van der Waals surface area contributed by atoms with Gasteiger partial charge in [-0.25, -0.2) is 5.48 Å². The number of piperidine rings is 1. The summed E-state index contributed by atoms with van der Waals surface area (Å²) >= 11 is 0. The highest BCUT2D eigenvalue weighted by Gasteiger charge is 2.33. The molecule has 0 aromatic heterocycles. The first-order valence-electron chi connectivity index (χ1n) is 9.73. The van der Waals surface area contributed by atoms with Gasteiger partial charge in [0.25, 0.3) is 5.91 Å². The van der Waals surface area contributed by atoms with Crippen LogP contribution in [0.25, 0.3) is 6.08 Å². The molecule has 0 saturated carbocycles. The van der Waals surface area contributed by atoms with Crippen molar-refractivity contribution in [3.8, 4) is 0 Å². The molecule has 0 spiro atoms. The van der Waals surface area contributed by atoms with Gasteiger partial charge in [-0.3, -0.25) is 10.0 Å². The van der Waals surface area contributed by atoms with Gasteiger partial charge in [0, 0.05) is 37.4 Å². The van der Waals surface area contributed by atoms with Crippen molar-refractivity contribution in [2.24, 2.45) is 0 Å². The third-order valence-electron chi connectivity index (χ3n) is 5.20. The highest BCUT2D eigenvalue weighted by molar-refractivity contribution is 5.91. The summed E-state index contributed by atoms with van der Waals surface area (Å²) in [7, 11) is 0. The Bertz CT molecular complexity index is 891. The monoisotopic (exact) mass is 419 g/mol. The van der Waals surface area contributed by atoms with Crippen LogP contribution in [0.3, 0.4) is 0 Å². The molecule has 1 saturated heterocycles. The number of nitrogens with one attached hydrogen (secondary N) is 2. The Morgan fingerprint density at radius 2 is 1.77 bits per heavy atom. The molecule has 1 aliphatic rings. The summed E-state index contributed by atoms with van der Waals surface area (Å²) in [6, 6.07) is 13.4. The van der Waals surface area contributed by atoms with Crippen molar-refractivity contribution in [2.45, 2.75) is 31.6 Å². The van der Waals surface area contributed by atoms with Gasteiger partial charge in [-0.15, -0.1) is 0 Å². The van der Waals surface area contributed by atoms with Gasteiger partial charge in [0.15, 0.2) is 0 Å². The number of rotatable bonds is 6. The van der Waals surface area contributed by atoms with Crippen LogP contribution in [-0.2, 0) is 17.5 Å². The fourth-order valence-corrected chi connectivity index (χ4v) is 3.65. The predicted molar refractivity (Wildman–Crippen MR) is 109 cm³/mol. The number of para-hydroxylation sites is 1. The van der Waals surface area contributed by atoms with E-state index >= 15 is 0 Å². The number of amides is 1. The zero-order chi connectivity index (χ0) is 21.6. The molecular formula is C22H24F3N3O2. The number of anilines is 1. The molecule has 8 heteroatoms. The molecule has 0 atom stereocenters. The normalized spacial score (nSPS) is 15.5. The van der Waals surface area contributed by atoms with Crippen LogP contribution in [0.4, 0.5) is 18.9 Å². The highest BCUT2D eigenvalue weighted by Crippen LogP contribution is 2.32. The van der Waals surface area contributed by atoms with E-state index < -0.39 is 17.6 Å². The summed E-state index contributed by atoms with van der Waals surface area (Å²) in [6.45, 7) is 1.67. The van der Waals surface area contributed by atoms with Gasteiger partial charge in [0.2, 0.25) is 0 Å². The van der Waals surface area contributed by atoms with E-state index in [1.807, 2.05) is 24.3 Å². The summed E-state index contributed by atoms with van der Waals surface area (Å²) < 4.78 is 39.4. The van der Waals surface area contributed by atoms with Gasteiger partial charge in [-0.05, 0) is 42.2 Å². The van der Waals surface area contributed by atoms with E-state index in [1.54, 1.807) is 17.6 Å². The maximum absolute atomic E-state index is 13.1. The molecule has 1 fully saturated rings. The van der Waals surface area contributed by atoms with Gasteiger partial charge >= 0.3 is 6.18 Å². The zero-order valence-electron chi connectivity index (χ0n) is 16.3. The minimum absolute atomic E-state index is 0.130. The van der Waals surface area contributed by atoms with Gasteiger partial charge in [0.05, 0.1) is 5.56 Å². The van der Waals surface area contributed by atoms with Crippen molar-refractivity contribution in [2.75, 3.05) is 18.0 Å². The van der Waals surface area contributed by atoms with Crippen molar-refractivity contribution in [3.05, 3.63) is 71.3 Å². The molecule has 5 nitrogen and oxygen atoms in total. The Morgan fingerprint density at radius 1 is 1.10 bits per heavy atom. The van der Waals surface area contributed by atoms with E-state index in [0.717, 1.165) is 43.2 Å². The van der Waals surface area contributed by atoms with E-state index in [1.165, 1.54) is 18.2 Å². The van der Waals surface area contributed by atoms with E-state index in [4.69, 9.17) is 5.21 Å². The van der Waals surface area contributed by atoms with Crippen LogP contribution in [0.15, 0.2) is 54.6 Å². The molecule has 0 bridgehead atoms. The molecule has 1 heterocycles. The quantitative estimate of drug-likeness (QED) is 0.377. The molecule has 0 radical (unpaired) electrons. The predicted octanol–water partition coefficient (Wildman–Crippen LogP) is 3.98. The van der Waals surface area contributed by atoms with Crippen LogP contribution in [0, 0.1) is 0 Å². The van der Waals surface area contributed by atoms with Crippen LogP contribution in [0.1, 0.15) is 29.5 Å². The molecule has 2 aromatic carbocycles. The summed E-state index contributed by atoms with van der Waals surface area (Å²) in [4.78, 5) is 13.4. The van der Waals surface area contributed by atoms with Crippen LogP contribution in [0.5, 0.6) is 0 Å². The van der Waals surface area contributed by atoms with E-state index in [0.29, 0.717) is 0 Å². The lowest BCUT2D eigenvalue weighted by molar-refractivity contribution is -0.138. The van der Waals surface area contributed by atoms with Gasteiger partial charge < -0.3 is 10.2 Å². The largest absolute Gasteiger partial charge is 0.416 e. The number of hydroxylamine groups is 1. The van der Waals surface area contributed by atoms with E-state index in [-0.39, 0.29) is 18.2 Å². The summed E-state index contributed by atoms with van der Waals surface area (Å²) in [5, 5.41) is 11.9. The smallest absolute Gasteiger partial charge is 0.371 e. The molecule has 0 unspecified atom stereocenters. The fourth-order valence-electron chi connectivity index (χ4n) is 3.65. The number of carbonyl (C=O) groups excluding carboxylic acids is 1. The SMILES string of the molecule is O=C(C=Cc1ccccc1N1CCC(NCc2ccccc2C(F)(F)F)CC1)NO. The Balaban J connectivity index is 1.59. The average molecular weight is 419 g/mol. The summed E-state index contributed by atoms with van der Waals surface area (Å²) in [5.74, 6) is -0.605. The minimum atomic E-state index is -4.36. The fraction of sp³-hybridized carbons (Fsp3) is 0.318. The maximum Gasteiger partial charge on any atom is 0.416 e. The Morgan fingerprint density at radius 3 is 2.47 bits per heavy atom. The van der Waals surface area contributed by atoms with Crippen LogP contribution < -0.4 is 15.7 Å². The number of alkyl halides is 3. The lowest BCUT2D eigenvalue weighted by Crippen LogP contribution is -2.42. The molecule has 160 valence electrons. The minimum Gasteiger partial charge on any atom is -0.371 e. The van der Waals surface area contributed by atoms with Crippen molar-refractivity contribution in [1.82, 2.24) is 10.8 Å². The molecule has 3 rings (SSSR count). The van der Waals surface area contributed by atoms with Gasteiger partial charge in [-0.1, -0.05) is 36.4 Å². The number of halogens is 3. The van der Waals surface area contributed by atoms with Crippen molar-refractivity contribution in [1.29, 1.82) is 0 Å².